The largest absolute Gasteiger partial charge is 0.355 e. The third-order valence-electron chi connectivity index (χ3n) is 5.48. The minimum atomic E-state index is -0.220. The number of carbonyl (C=O) groups excluding carboxylic acids is 2. The van der Waals surface area contributed by atoms with Crippen molar-refractivity contribution >= 4 is 23.3 Å². The molecule has 150 valence electrons. The van der Waals surface area contributed by atoms with Gasteiger partial charge < -0.3 is 15.1 Å². The summed E-state index contributed by atoms with van der Waals surface area (Å²) in [5.41, 5.74) is 0.608. The summed E-state index contributed by atoms with van der Waals surface area (Å²) in [5, 5.41) is 16.2. The van der Waals surface area contributed by atoms with Gasteiger partial charge in [0.1, 0.15) is 5.82 Å². The summed E-state index contributed by atoms with van der Waals surface area (Å²) in [7, 11) is 1.74. The van der Waals surface area contributed by atoms with E-state index in [1.807, 2.05) is 16.6 Å². The molecule has 1 N–H and O–H groups in total. The molecule has 2 fully saturated rings. The topological polar surface area (TPSA) is 95.7 Å². The van der Waals surface area contributed by atoms with Crippen LogP contribution in [0.1, 0.15) is 33.0 Å². The van der Waals surface area contributed by atoms with Crippen LogP contribution in [0.2, 0.25) is 0 Å². The number of anilines is 1. The maximum Gasteiger partial charge on any atom is 0.225 e. The highest BCUT2D eigenvalue weighted by Crippen LogP contribution is 2.25. The summed E-state index contributed by atoms with van der Waals surface area (Å²) in [5.74, 6) is 1.92. The first-order chi connectivity index (χ1) is 13.2. The van der Waals surface area contributed by atoms with Crippen molar-refractivity contribution < 1.29 is 9.59 Å². The maximum absolute atomic E-state index is 12.2. The number of nitrogens with zero attached hydrogens (tertiary/aromatic N) is 6. The molecule has 0 radical (unpaired) electrons. The number of amides is 2. The number of nitrogens with one attached hydrogen (secondary N) is 1. The van der Waals surface area contributed by atoms with Gasteiger partial charge in [0, 0.05) is 51.0 Å². The molecule has 2 aliphatic heterocycles. The Morgan fingerprint density at radius 1 is 1.21 bits per heavy atom. The highest BCUT2D eigenvalue weighted by molar-refractivity contribution is 5.89. The van der Waals surface area contributed by atoms with Crippen molar-refractivity contribution in [1.82, 2.24) is 30.0 Å². The number of likely N-dealkylation sites (tertiary alicyclic amines) is 1. The smallest absolute Gasteiger partial charge is 0.225 e. The maximum atomic E-state index is 12.2. The Morgan fingerprint density at radius 3 is 2.61 bits per heavy atom. The predicted molar refractivity (Wildman–Crippen MR) is 104 cm³/mol. The van der Waals surface area contributed by atoms with Gasteiger partial charge in [-0.25, -0.2) is 0 Å². The lowest BCUT2D eigenvalue weighted by molar-refractivity contribution is -0.128. The molecule has 4 heterocycles. The molecule has 1 unspecified atom stereocenters. The summed E-state index contributed by atoms with van der Waals surface area (Å²) < 4.78 is 1.82. The minimum absolute atomic E-state index is 0.0185. The fraction of sp³-hybridized carbons (Fsp3) is 0.632. The van der Waals surface area contributed by atoms with Crippen LogP contribution in [0.3, 0.4) is 0 Å². The number of rotatable bonds is 4. The lowest BCUT2D eigenvalue weighted by atomic mass is 9.96. The van der Waals surface area contributed by atoms with E-state index in [1.54, 1.807) is 11.9 Å². The van der Waals surface area contributed by atoms with Gasteiger partial charge in [-0.05, 0) is 12.1 Å². The molecule has 2 saturated heterocycles. The van der Waals surface area contributed by atoms with Gasteiger partial charge in [-0.3, -0.25) is 9.59 Å². The van der Waals surface area contributed by atoms with Gasteiger partial charge in [0.25, 0.3) is 0 Å². The number of hydrogen-bond donors (Lipinski definition) is 1. The van der Waals surface area contributed by atoms with E-state index in [-0.39, 0.29) is 23.1 Å². The van der Waals surface area contributed by atoms with Crippen LogP contribution in [-0.2, 0) is 15.0 Å². The highest BCUT2D eigenvalue weighted by Gasteiger charge is 2.34. The molecule has 2 aromatic heterocycles. The van der Waals surface area contributed by atoms with E-state index < -0.39 is 0 Å². The van der Waals surface area contributed by atoms with Crippen LogP contribution in [0.15, 0.2) is 12.1 Å². The van der Waals surface area contributed by atoms with E-state index in [2.05, 4.69) is 41.2 Å². The SMILES string of the molecule is CN1CC(C(=O)NCC2CN(c3ccc4nnc(C(C)(C)C)n4n3)C2)CC1=O. The molecule has 0 spiro atoms. The summed E-state index contributed by atoms with van der Waals surface area (Å²) in [6.45, 7) is 9.11. The van der Waals surface area contributed by atoms with Crippen molar-refractivity contribution in [1.29, 1.82) is 0 Å². The second kappa shape index (κ2) is 6.72. The van der Waals surface area contributed by atoms with Gasteiger partial charge >= 0.3 is 0 Å². The second-order valence-corrected chi connectivity index (χ2v) is 8.93. The highest BCUT2D eigenvalue weighted by atomic mass is 16.2. The zero-order valence-corrected chi connectivity index (χ0v) is 16.8. The van der Waals surface area contributed by atoms with Crippen molar-refractivity contribution in [2.24, 2.45) is 11.8 Å². The monoisotopic (exact) mass is 385 g/mol. The Labute approximate surface area is 164 Å². The van der Waals surface area contributed by atoms with Crippen LogP contribution < -0.4 is 10.2 Å². The Morgan fingerprint density at radius 2 is 1.96 bits per heavy atom. The molecular formula is C19H27N7O2. The van der Waals surface area contributed by atoms with Crippen LogP contribution >= 0.6 is 0 Å². The molecule has 2 aromatic rings. The van der Waals surface area contributed by atoms with Crippen molar-refractivity contribution in [3.8, 4) is 0 Å². The molecule has 9 nitrogen and oxygen atoms in total. The Hall–Kier alpha value is -2.71. The normalized spacial score (nSPS) is 20.7. The fourth-order valence-electron chi connectivity index (χ4n) is 3.73. The molecule has 0 aliphatic carbocycles. The van der Waals surface area contributed by atoms with Gasteiger partial charge in [-0.1, -0.05) is 20.8 Å². The lowest BCUT2D eigenvalue weighted by Gasteiger charge is -2.40. The first-order valence-corrected chi connectivity index (χ1v) is 9.72. The molecule has 2 amide bonds. The second-order valence-electron chi connectivity index (χ2n) is 8.93. The number of carbonyl (C=O) groups is 2. The molecule has 0 saturated carbocycles. The molecule has 4 rings (SSSR count). The molecule has 2 aliphatic rings. The molecular weight excluding hydrogens is 358 g/mol. The van der Waals surface area contributed by atoms with Crippen LogP contribution in [-0.4, -0.2) is 69.8 Å². The van der Waals surface area contributed by atoms with Crippen molar-refractivity contribution in [3.05, 3.63) is 18.0 Å². The zero-order chi connectivity index (χ0) is 20.1. The van der Waals surface area contributed by atoms with Gasteiger partial charge in [-0.2, -0.15) is 4.52 Å². The van der Waals surface area contributed by atoms with Crippen LogP contribution in [0.5, 0.6) is 0 Å². The van der Waals surface area contributed by atoms with E-state index in [9.17, 15) is 9.59 Å². The molecule has 9 heteroatoms. The summed E-state index contributed by atoms with van der Waals surface area (Å²) >= 11 is 0. The van der Waals surface area contributed by atoms with Gasteiger partial charge in [0.15, 0.2) is 11.5 Å². The van der Waals surface area contributed by atoms with Crippen LogP contribution in [0, 0.1) is 11.8 Å². The molecule has 1 atom stereocenters. The van der Waals surface area contributed by atoms with E-state index in [1.165, 1.54) is 0 Å². The Bertz CT molecular complexity index is 911. The van der Waals surface area contributed by atoms with Gasteiger partial charge in [0.2, 0.25) is 11.8 Å². The zero-order valence-electron chi connectivity index (χ0n) is 16.8. The van der Waals surface area contributed by atoms with E-state index in [0.29, 0.717) is 25.4 Å². The number of aromatic nitrogens is 4. The Balaban J connectivity index is 1.33. The third-order valence-corrected chi connectivity index (χ3v) is 5.48. The van der Waals surface area contributed by atoms with Crippen molar-refractivity contribution in [2.75, 3.05) is 38.1 Å². The summed E-state index contributed by atoms with van der Waals surface area (Å²) in [6.07, 6.45) is 0.318. The van der Waals surface area contributed by atoms with Crippen molar-refractivity contribution in [3.63, 3.8) is 0 Å². The minimum Gasteiger partial charge on any atom is -0.355 e. The Kier molecular flexibility index (Phi) is 4.47. The number of fused-ring (bicyclic) bond motifs is 1. The van der Waals surface area contributed by atoms with E-state index in [0.717, 1.165) is 30.4 Å². The first kappa shape index (κ1) is 18.6. The molecule has 28 heavy (non-hydrogen) atoms. The van der Waals surface area contributed by atoms with Crippen LogP contribution in [0.25, 0.3) is 5.65 Å². The third kappa shape index (κ3) is 3.41. The van der Waals surface area contributed by atoms with Crippen molar-refractivity contribution in [2.45, 2.75) is 32.6 Å². The van der Waals surface area contributed by atoms with Gasteiger partial charge in [0.05, 0.1) is 5.92 Å². The lowest BCUT2D eigenvalue weighted by Crippen LogP contribution is -2.52. The van der Waals surface area contributed by atoms with E-state index in [4.69, 9.17) is 5.10 Å². The average Bonchev–Trinajstić information content (AvgIpc) is 3.16. The standard InChI is InChI=1S/C19H27N7O2/c1-19(2,3)18-22-21-14-5-6-15(23-26(14)18)25-9-12(10-25)8-20-17(28)13-7-16(27)24(4)11-13/h5-6,12-13H,7-11H2,1-4H3,(H,20,28). The quantitative estimate of drug-likeness (QED) is 0.821. The summed E-state index contributed by atoms with van der Waals surface area (Å²) in [4.78, 5) is 27.6. The molecule has 0 bridgehead atoms. The first-order valence-electron chi connectivity index (χ1n) is 9.72. The van der Waals surface area contributed by atoms with Gasteiger partial charge in [-0.15, -0.1) is 15.3 Å². The van der Waals surface area contributed by atoms with Crippen LogP contribution in [0.4, 0.5) is 5.82 Å². The fourth-order valence-corrected chi connectivity index (χ4v) is 3.73. The predicted octanol–water partition coefficient (Wildman–Crippen LogP) is 0.452. The number of hydrogen-bond acceptors (Lipinski definition) is 6. The molecule has 0 aromatic carbocycles. The average molecular weight is 385 g/mol. The van der Waals surface area contributed by atoms with E-state index >= 15 is 0 Å². The summed E-state index contributed by atoms with van der Waals surface area (Å²) in [6, 6.07) is 3.90.